The zero-order chi connectivity index (χ0) is 21.6. The summed E-state index contributed by atoms with van der Waals surface area (Å²) in [6, 6.07) is 17.0. The van der Waals surface area contributed by atoms with E-state index in [1.807, 2.05) is 42.5 Å². The van der Waals surface area contributed by atoms with Crippen LogP contribution in [0.15, 0.2) is 60.7 Å². The largest absolute Gasteiger partial charge is 0.349 e. The highest BCUT2D eigenvalue weighted by Crippen LogP contribution is 2.24. The molecule has 1 heterocycles. The Morgan fingerprint density at radius 2 is 1.55 bits per heavy atom. The molecule has 0 spiro atoms. The summed E-state index contributed by atoms with van der Waals surface area (Å²) in [5, 5.41) is 5.89. The fraction of sp³-hybridized carbons (Fsp3) is 0.320. The van der Waals surface area contributed by atoms with Gasteiger partial charge in [-0.25, -0.2) is 0 Å². The lowest BCUT2D eigenvalue weighted by Gasteiger charge is -2.30. The summed E-state index contributed by atoms with van der Waals surface area (Å²) in [6.07, 6.45) is 6.63. The molecule has 0 aromatic heterocycles. The molecule has 4 rings (SSSR count). The van der Waals surface area contributed by atoms with Crippen molar-refractivity contribution in [1.29, 1.82) is 0 Å². The second kappa shape index (κ2) is 9.60. The van der Waals surface area contributed by atoms with Gasteiger partial charge in [0.15, 0.2) is 0 Å². The lowest BCUT2D eigenvalue weighted by molar-refractivity contribution is -0.130. The fourth-order valence-electron chi connectivity index (χ4n) is 3.71. The van der Waals surface area contributed by atoms with Crippen molar-refractivity contribution >= 4 is 29.5 Å². The van der Waals surface area contributed by atoms with Crippen molar-refractivity contribution in [2.45, 2.75) is 31.7 Å². The van der Waals surface area contributed by atoms with Crippen LogP contribution in [0.1, 0.15) is 41.6 Å². The number of rotatable bonds is 6. The zero-order valence-electron chi connectivity index (χ0n) is 17.4. The van der Waals surface area contributed by atoms with Gasteiger partial charge in [-0.2, -0.15) is 0 Å². The molecule has 2 aliphatic rings. The number of carbonyl (C=O) groups excluding carboxylic acids is 3. The molecule has 0 bridgehead atoms. The molecular formula is C25H27N3O3. The third kappa shape index (κ3) is 5.60. The summed E-state index contributed by atoms with van der Waals surface area (Å²) in [4.78, 5) is 39.5. The van der Waals surface area contributed by atoms with Crippen molar-refractivity contribution in [3.63, 3.8) is 0 Å². The molecule has 1 saturated carbocycles. The summed E-state index contributed by atoms with van der Waals surface area (Å²) in [6.45, 7) is 1.08. The Labute approximate surface area is 182 Å². The Balaban J connectivity index is 1.30. The van der Waals surface area contributed by atoms with Crippen LogP contribution in [0.3, 0.4) is 0 Å². The van der Waals surface area contributed by atoms with Gasteiger partial charge in [-0.15, -0.1) is 0 Å². The Morgan fingerprint density at radius 3 is 2.26 bits per heavy atom. The highest BCUT2D eigenvalue weighted by atomic mass is 16.2. The number of amides is 3. The van der Waals surface area contributed by atoms with Crippen LogP contribution in [0.5, 0.6) is 0 Å². The van der Waals surface area contributed by atoms with Crippen LogP contribution in [-0.2, 0) is 9.59 Å². The first kappa shape index (κ1) is 20.8. The predicted molar refractivity (Wildman–Crippen MR) is 120 cm³/mol. The minimum Gasteiger partial charge on any atom is -0.349 e. The second-order valence-electron chi connectivity index (χ2n) is 8.13. The highest BCUT2D eigenvalue weighted by molar-refractivity contribution is 6.04. The van der Waals surface area contributed by atoms with Crippen LogP contribution in [-0.4, -0.2) is 41.8 Å². The minimum absolute atomic E-state index is 0.0372. The molecule has 2 fully saturated rings. The molecule has 1 aliphatic heterocycles. The van der Waals surface area contributed by atoms with Gasteiger partial charge in [0.1, 0.15) is 0 Å². The van der Waals surface area contributed by atoms with Gasteiger partial charge >= 0.3 is 0 Å². The summed E-state index contributed by atoms with van der Waals surface area (Å²) >= 11 is 0. The first-order valence-electron chi connectivity index (χ1n) is 10.8. The van der Waals surface area contributed by atoms with E-state index in [0.717, 1.165) is 18.4 Å². The highest BCUT2D eigenvalue weighted by Gasteiger charge is 2.28. The van der Waals surface area contributed by atoms with Gasteiger partial charge in [0.05, 0.1) is 11.3 Å². The van der Waals surface area contributed by atoms with Crippen LogP contribution >= 0.6 is 0 Å². The molecular weight excluding hydrogens is 390 g/mol. The SMILES string of the molecule is O=C(NC1CC1)c1ccccc1NC(=O)C1CCN(C(=O)/C=C/c2ccccc2)CC1. The number of nitrogens with zero attached hydrogens (tertiary/aromatic N) is 1. The minimum atomic E-state index is -0.179. The van der Waals surface area contributed by atoms with Crippen LogP contribution in [0.4, 0.5) is 5.69 Å². The van der Waals surface area contributed by atoms with E-state index in [1.165, 1.54) is 0 Å². The molecule has 3 amide bonds. The Morgan fingerprint density at radius 1 is 0.871 bits per heavy atom. The topological polar surface area (TPSA) is 78.5 Å². The molecule has 0 unspecified atom stereocenters. The maximum Gasteiger partial charge on any atom is 0.253 e. The predicted octanol–water partition coefficient (Wildman–Crippen LogP) is 3.47. The van der Waals surface area contributed by atoms with Crippen LogP contribution < -0.4 is 10.6 Å². The van der Waals surface area contributed by atoms with E-state index in [1.54, 1.807) is 29.2 Å². The quantitative estimate of drug-likeness (QED) is 0.707. The number of hydrogen-bond acceptors (Lipinski definition) is 3. The van der Waals surface area contributed by atoms with Gasteiger partial charge in [0, 0.05) is 31.1 Å². The van der Waals surface area contributed by atoms with Crippen molar-refractivity contribution in [2.24, 2.45) is 5.92 Å². The maximum atomic E-state index is 12.8. The van der Waals surface area contributed by atoms with E-state index >= 15 is 0 Å². The van der Waals surface area contributed by atoms with E-state index < -0.39 is 0 Å². The van der Waals surface area contributed by atoms with Crippen LogP contribution in [0.2, 0.25) is 0 Å². The molecule has 1 saturated heterocycles. The molecule has 1 aliphatic carbocycles. The molecule has 2 N–H and O–H groups in total. The van der Waals surface area contributed by atoms with E-state index in [0.29, 0.717) is 37.2 Å². The molecule has 6 nitrogen and oxygen atoms in total. The first-order chi connectivity index (χ1) is 15.1. The molecule has 0 radical (unpaired) electrons. The molecule has 31 heavy (non-hydrogen) atoms. The standard InChI is InChI=1S/C25H27N3O3/c29-23(13-10-18-6-2-1-3-7-18)28-16-14-19(15-17-28)24(30)27-22-9-5-4-8-21(22)25(31)26-20-11-12-20/h1-10,13,19-20H,11-12,14-17H2,(H,26,31)(H,27,30)/b13-10+. The lowest BCUT2D eigenvalue weighted by atomic mass is 9.95. The van der Waals surface area contributed by atoms with Gasteiger partial charge in [0.25, 0.3) is 5.91 Å². The van der Waals surface area contributed by atoms with E-state index in [9.17, 15) is 14.4 Å². The number of likely N-dealkylation sites (tertiary alicyclic amines) is 1. The van der Waals surface area contributed by atoms with E-state index in [4.69, 9.17) is 0 Å². The molecule has 2 aromatic rings. The number of para-hydroxylation sites is 1. The summed E-state index contributed by atoms with van der Waals surface area (Å²) in [5.41, 5.74) is 2.01. The number of nitrogens with one attached hydrogen (secondary N) is 2. The smallest absolute Gasteiger partial charge is 0.253 e. The molecule has 0 atom stereocenters. The number of carbonyl (C=O) groups is 3. The van der Waals surface area contributed by atoms with Gasteiger partial charge in [-0.1, -0.05) is 42.5 Å². The second-order valence-corrected chi connectivity index (χ2v) is 8.13. The van der Waals surface area contributed by atoms with Gasteiger partial charge < -0.3 is 15.5 Å². The van der Waals surface area contributed by atoms with E-state index in [-0.39, 0.29) is 29.7 Å². The lowest BCUT2D eigenvalue weighted by Crippen LogP contribution is -2.41. The van der Waals surface area contributed by atoms with Crippen molar-refractivity contribution in [3.05, 3.63) is 71.8 Å². The summed E-state index contributed by atoms with van der Waals surface area (Å²) in [7, 11) is 0. The molecule has 6 heteroatoms. The van der Waals surface area contributed by atoms with Crippen molar-refractivity contribution < 1.29 is 14.4 Å². The summed E-state index contributed by atoms with van der Waals surface area (Å²) in [5.74, 6) is -0.464. The molecule has 2 aromatic carbocycles. The fourth-order valence-corrected chi connectivity index (χ4v) is 3.71. The van der Waals surface area contributed by atoms with Crippen molar-refractivity contribution in [3.8, 4) is 0 Å². The normalized spacial score (nSPS) is 16.8. The van der Waals surface area contributed by atoms with Crippen molar-refractivity contribution in [2.75, 3.05) is 18.4 Å². The van der Waals surface area contributed by atoms with Crippen molar-refractivity contribution in [1.82, 2.24) is 10.2 Å². The monoisotopic (exact) mass is 417 g/mol. The Kier molecular flexibility index (Phi) is 6.46. The van der Waals surface area contributed by atoms with Gasteiger partial charge in [-0.05, 0) is 49.5 Å². The van der Waals surface area contributed by atoms with Gasteiger partial charge in [0.2, 0.25) is 11.8 Å². The third-order valence-corrected chi connectivity index (χ3v) is 5.74. The number of benzene rings is 2. The maximum absolute atomic E-state index is 12.8. The van der Waals surface area contributed by atoms with Crippen LogP contribution in [0, 0.1) is 5.92 Å². The number of piperidine rings is 1. The average Bonchev–Trinajstić information content (AvgIpc) is 3.62. The van der Waals surface area contributed by atoms with Gasteiger partial charge in [-0.3, -0.25) is 14.4 Å². The zero-order valence-corrected chi connectivity index (χ0v) is 17.4. The average molecular weight is 418 g/mol. The van der Waals surface area contributed by atoms with Crippen LogP contribution in [0.25, 0.3) is 6.08 Å². The molecule has 160 valence electrons. The number of anilines is 1. The summed E-state index contributed by atoms with van der Waals surface area (Å²) < 4.78 is 0. The first-order valence-corrected chi connectivity index (χ1v) is 10.8. The Hall–Kier alpha value is -3.41. The third-order valence-electron chi connectivity index (χ3n) is 5.74. The Bertz CT molecular complexity index is 975. The number of hydrogen-bond donors (Lipinski definition) is 2. The van der Waals surface area contributed by atoms with E-state index in [2.05, 4.69) is 10.6 Å².